The molecule has 2 aliphatic heterocycles. The smallest absolute Gasteiger partial charge is 0.470 e. The van der Waals surface area contributed by atoms with Crippen LogP contribution in [-0.4, -0.2) is 249 Å². The number of aromatic nitrogens is 2. The maximum atomic E-state index is 15.4. The third-order valence-corrected chi connectivity index (χ3v) is 18.2. The molecule has 112 heavy (non-hydrogen) atoms. The first-order valence-corrected chi connectivity index (χ1v) is 36.0. The van der Waals surface area contributed by atoms with Crippen LogP contribution in [0.25, 0.3) is 21.8 Å². The van der Waals surface area contributed by atoms with E-state index in [1.165, 1.54) is 24.5 Å². The minimum absolute atomic E-state index is 0.0689. The number of H-pyrrole nitrogens is 2. The number of phosphoric ester groups is 1. The number of hydrogen-bond acceptors (Lipinski definition) is 22. The van der Waals surface area contributed by atoms with Gasteiger partial charge in [0.25, 0.3) is 5.91 Å². The van der Waals surface area contributed by atoms with Crippen molar-refractivity contribution < 1.29 is 136 Å². The summed E-state index contributed by atoms with van der Waals surface area (Å²) < 4.78 is 22.4. The summed E-state index contributed by atoms with van der Waals surface area (Å²) in [7, 11) is -6.00. The zero-order chi connectivity index (χ0) is 82.6. The van der Waals surface area contributed by atoms with E-state index in [-0.39, 0.29) is 22.4 Å². The highest BCUT2D eigenvalue weighted by atomic mass is 31.2. The van der Waals surface area contributed by atoms with E-state index in [0.29, 0.717) is 34.6 Å². The van der Waals surface area contributed by atoms with E-state index in [9.17, 15) is 107 Å². The number of phenolic OH excluding ortho intramolecular Hbond substituents is 1. The zero-order valence-corrected chi connectivity index (χ0v) is 60.7. The van der Waals surface area contributed by atoms with Gasteiger partial charge in [0.2, 0.25) is 70.9 Å². The number of para-hydroxylation sites is 2. The molecule has 0 spiro atoms. The van der Waals surface area contributed by atoms with Crippen molar-refractivity contribution in [3.8, 4) is 5.75 Å². The van der Waals surface area contributed by atoms with Crippen LogP contribution >= 0.6 is 7.82 Å². The third kappa shape index (κ3) is 25.0. The fraction of sp³-hybridized carbons (Fsp3) is 0.426. The Morgan fingerprint density at radius 2 is 1.04 bits per heavy atom. The fourth-order valence-electron chi connectivity index (χ4n) is 12.0. The zero-order valence-electron chi connectivity index (χ0n) is 59.8. The lowest BCUT2D eigenvalue weighted by Gasteiger charge is -2.31. The molecule has 4 heterocycles. The lowest BCUT2D eigenvalue weighted by molar-refractivity contribution is -0.144. The number of aliphatic hydroxyl groups is 1. The summed E-state index contributed by atoms with van der Waals surface area (Å²) in [5, 5.41) is 88.1. The number of amides is 13. The molecule has 604 valence electrons. The van der Waals surface area contributed by atoms with E-state index in [1.807, 2.05) is 21.3 Å². The van der Waals surface area contributed by atoms with E-state index in [4.69, 9.17) is 10.5 Å². The van der Waals surface area contributed by atoms with Crippen LogP contribution in [0.5, 0.6) is 5.75 Å². The predicted octanol–water partition coefficient (Wildman–Crippen LogP) is -6.08. The number of nitrogens with one attached hydrogen (secondary N) is 14. The number of hydrogen-bond donors (Lipinski definition) is 23. The first-order chi connectivity index (χ1) is 52.8. The van der Waals surface area contributed by atoms with Crippen LogP contribution in [-0.2, 0) is 115 Å². The topological polar surface area (TPSA) is 693 Å². The number of phenols is 1. The molecule has 2 aromatic heterocycles. The molecule has 15 atom stereocenters. The van der Waals surface area contributed by atoms with Gasteiger partial charge in [-0.25, -0.2) is 4.57 Å². The van der Waals surface area contributed by atoms with Crippen LogP contribution in [0, 0.1) is 5.92 Å². The average Bonchev–Trinajstić information content (AvgIpc) is 1.60. The van der Waals surface area contributed by atoms with Gasteiger partial charge in [0.1, 0.15) is 66.2 Å². The number of aromatic amines is 2. The van der Waals surface area contributed by atoms with E-state index in [2.05, 4.69) is 57.0 Å². The van der Waals surface area contributed by atoms with Gasteiger partial charge in [-0.15, -0.1) is 0 Å². The van der Waals surface area contributed by atoms with E-state index in [1.54, 1.807) is 55.5 Å². The quantitative estimate of drug-likeness (QED) is 0.0181. The van der Waals surface area contributed by atoms with Crippen molar-refractivity contribution in [3.05, 3.63) is 102 Å². The average molecular weight is 1590 g/mol. The second kappa shape index (κ2) is 39.3. The molecule has 2 aliphatic rings. The van der Waals surface area contributed by atoms with Crippen LogP contribution in [0.4, 0.5) is 0 Å². The summed E-state index contributed by atoms with van der Waals surface area (Å²) in [4.78, 5) is 264. The number of fused-ring (bicyclic) bond motifs is 2. The molecule has 3 aromatic carbocycles. The Labute approximate surface area is 633 Å². The van der Waals surface area contributed by atoms with Crippen molar-refractivity contribution in [2.24, 2.45) is 11.7 Å². The highest BCUT2D eigenvalue weighted by molar-refractivity contribution is 7.46. The van der Waals surface area contributed by atoms with Crippen molar-refractivity contribution in [2.75, 3.05) is 13.2 Å². The summed E-state index contributed by atoms with van der Waals surface area (Å²) in [5.74, 6) is -28.7. The molecule has 43 nitrogen and oxygen atoms in total. The molecule has 2 fully saturated rings. The Morgan fingerprint density at radius 3 is 1.52 bits per heavy atom. The Morgan fingerprint density at radius 1 is 0.580 bits per heavy atom. The molecule has 0 radical (unpaired) electrons. The van der Waals surface area contributed by atoms with Crippen LogP contribution < -0.4 is 69.5 Å². The summed E-state index contributed by atoms with van der Waals surface area (Å²) in [6, 6.07) is -6.85. The van der Waals surface area contributed by atoms with E-state index < -0.39 is 257 Å². The number of carbonyl (C=O) groups is 17. The normalized spacial score (nSPS) is 24.0. The number of ether oxygens (including phenoxy) is 1. The maximum absolute atomic E-state index is 15.4. The standard InChI is InChI=1S/C68H84N15O28P/c1-4-9-46-55(110-46)68(106)80-45(28-84)64(102)83-53-30(3)73-59(97)40(20-32-25-70-37-12-7-5-10-35(32)37)78-65(103)52(29(2)18-48(87)88)82-67(105)54(56(57(69)95)111-112(107,108)109)81-47(86)27-72-58(96)42(22-49(89)90)75-60(98)39(19-31-14-16-34(85)17-15-31)74-62(100)43(23-50(91)92)77-63(101)44(24-51(93)94)76-61(99)41(79-66(53)104)21-33-26-71-38-13-8-6-11-36(33)38/h5-8,10-17,25-26,29-30,39-46,52-56,70-71,84-85H,4,9,18-24,27-28H2,1-3H3,(H2,69,95)(H,72,96)(H,73,97)(H,74,100)(H,75,98)(H,76,99)(H,77,101)(H,78,103)(H,79,104)(H,80,106)(H,81,86)(H,82,105)(H,83,102)(H,87,88)(H,89,90)(H,91,92)(H,93,94)(H2,107,108,109)/t29-,30-,39-,40+,41?,42+,43?,44+,45+,46?,52?,53?,54-,55?,56+/m1/s1. The highest BCUT2D eigenvalue weighted by Crippen LogP contribution is 2.38. The number of epoxide rings is 1. The van der Waals surface area contributed by atoms with Crippen LogP contribution in [0.3, 0.4) is 0 Å². The maximum Gasteiger partial charge on any atom is 0.470 e. The molecule has 44 heteroatoms. The van der Waals surface area contributed by atoms with Crippen molar-refractivity contribution in [2.45, 2.75) is 163 Å². The number of aromatic hydroxyl groups is 1. The summed E-state index contributed by atoms with van der Waals surface area (Å²) >= 11 is 0. The van der Waals surface area contributed by atoms with Gasteiger partial charge in [-0.3, -0.25) is 86.0 Å². The molecule has 2 saturated heterocycles. The Balaban J connectivity index is 1.40. The predicted molar refractivity (Wildman–Crippen MR) is 381 cm³/mol. The van der Waals surface area contributed by atoms with Gasteiger partial charge in [-0.1, -0.05) is 68.8 Å². The minimum Gasteiger partial charge on any atom is -0.508 e. The summed E-state index contributed by atoms with van der Waals surface area (Å²) in [6.45, 7) is 1.33. The first kappa shape index (κ1) is 86.8. The van der Waals surface area contributed by atoms with Crippen LogP contribution in [0.15, 0.2) is 85.2 Å². The molecular formula is C68H84N15O28P. The molecule has 13 amide bonds. The van der Waals surface area contributed by atoms with Crippen LogP contribution in [0.1, 0.15) is 76.0 Å². The number of primary amides is 1. The van der Waals surface area contributed by atoms with Gasteiger partial charge in [-0.05, 0) is 60.2 Å². The molecule has 0 aliphatic carbocycles. The molecular weight excluding hydrogens is 1510 g/mol. The number of rotatable bonds is 26. The first-order valence-electron chi connectivity index (χ1n) is 34.5. The van der Waals surface area contributed by atoms with Gasteiger partial charge >= 0.3 is 31.7 Å². The third-order valence-electron chi connectivity index (χ3n) is 17.7. The van der Waals surface area contributed by atoms with Gasteiger partial charge in [0, 0.05) is 53.5 Å². The largest absolute Gasteiger partial charge is 0.508 e. The number of nitrogens with two attached hydrogens (primary N) is 1. The van der Waals surface area contributed by atoms with Crippen molar-refractivity contribution in [3.63, 3.8) is 0 Å². The van der Waals surface area contributed by atoms with Gasteiger partial charge < -0.3 is 125 Å². The molecule has 7 rings (SSSR count). The molecule has 0 bridgehead atoms. The fourth-order valence-corrected chi connectivity index (χ4v) is 12.5. The Bertz CT molecular complexity index is 4450. The lowest BCUT2D eigenvalue weighted by Crippen LogP contribution is -2.65. The molecule has 0 saturated carbocycles. The molecule has 24 N–H and O–H groups in total. The number of aliphatic carboxylic acids is 4. The van der Waals surface area contributed by atoms with Crippen molar-refractivity contribution in [1.29, 1.82) is 0 Å². The number of benzene rings is 3. The SMILES string of the molecule is CCCC1OC1C(=O)N[C@@H](CO)C(=O)NC1C(=O)NC(Cc2c[nH]c3ccccc23)C(=O)N[C@@H](CC(=O)O)C(=O)NC(CC(=O)O)C(=O)N[C@H](Cc2ccc(O)cc2)C(=O)N[C@@H](CC(=O)O)C(=O)NCC(=O)N[C@H]([C@H](OP(=O)(O)O)C(N)=O)C(=O)NC([C@H](C)CC(=O)O)C(=O)N[C@@H](Cc2c[nH]c3ccccc23)C(=O)N[C@@H]1C. The number of aliphatic hydroxyl groups excluding tert-OH is 1. The monoisotopic (exact) mass is 1590 g/mol. The Kier molecular flexibility index (Phi) is 30.4. The second-order valence-electron chi connectivity index (χ2n) is 26.3. The van der Waals surface area contributed by atoms with E-state index in [0.717, 1.165) is 26.0 Å². The van der Waals surface area contributed by atoms with Crippen molar-refractivity contribution >= 4 is 130 Å². The van der Waals surface area contributed by atoms with Crippen LogP contribution in [0.2, 0.25) is 0 Å². The summed E-state index contributed by atoms with van der Waals surface area (Å²) in [6.07, 6.45) is -7.95. The second-order valence-corrected chi connectivity index (χ2v) is 27.5. The van der Waals surface area contributed by atoms with Crippen molar-refractivity contribution in [1.82, 2.24) is 73.8 Å². The van der Waals surface area contributed by atoms with Gasteiger partial charge in [-0.2, -0.15) is 0 Å². The number of carboxylic acids is 4. The Hall–Kier alpha value is -12.4. The molecule has 6 unspecified atom stereocenters. The molecule has 5 aromatic rings. The summed E-state index contributed by atoms with van der Waals surface area (Å²) in [5.41, 5.74) is 6.90. The van der Waals surface area contributed by atoms with Gasteiger partial charge in [0.05, 0.1) is 51.0 Å². The lowest BCUT2D eigenvalue weighted by atomic mass is 9.95. The minimum atomic E-state index is -6.00. The number of carboxylic acid groups (broad SMARTS) is 4. The number of phosphoric acid groups is 1. The van der Waals surface area contributed by atoms with E-state index >= 15 is 19.2 Å². The number of carbonyl (C=O) groups excluding carboxylic acids is 13. The van der Waals surface area contributed by atoms with Gasteiger partial charge in [0.15, 0.2) is 12.2 Å². The highest BCUT2D eigenvalue weighted by Gasteiger charge is 2.47.